The van der Waals surface area contributed by atoms with E-state index in [0.717, 1.165) is 4.57 Å². The standard InChI is InChI=1S/C23H31N3O9/c1-3-32-13-23(14-33-4-2,15-8-6-5-7-9-15)21(30)35-25-17-10-11-26(22(31)24-17)20-19(29)18(28)16(12-27)34-20/h5-11,16,18-20,27-29H,3-4,12-14H2,1-2H3,(H,24,25,31)/t16-,18-,19-,20-/m1/s1. The van der Waals surface area contributed by atoms with E-state index in [1.54, 1.807) is 24.3 Å². The molecule has 4 atom stereocenters. The maximum absolute atomic E-state index is 13.3. The van der Waals surface area contributed by atoms with E-state index in [1.165, 1.54) is 12.3 Å². The maximum Gasteiger partial charge on any atom is 0.351 e. The molecule has 1 aromatic carbocycles. The van der Waals surface area contributed by atoms with Gasteiger partial charge in [0.1, 0.15) is 23.7 Å². The van der Waals surface area contributed by atoms with Crippen molar-refractivity contribution in [2.45, 2.75) is 43.8 Å². The van der Waals surface area contributed by atoms with Crippen LogP contribution in [0.25, 0.3) is 0 Å². The number of carbonyl (C=O) groups is 1. The minimum absolute atomic E-state index is 0.00824. The number of ether oxygens (including phenoxy) is 3. The van der Waals surface area contributed by atoms with Crippen LogP contribution < -0.4 is 11.2 Å². The third kappa shape index (κ3) is 5.86. The molecule has 12 nitrogen and oxygen atoms in total. The van der Waals surface area contributed by atoms with Crippen molar-refractivity contribution in [3.8, 4) is 0 Å². The number of hydrogen-bond acceptors (Lipinski definition) is 11. The van der Waals surface area contributed by atoms with Gasteiger partial charge in [-0.2, -0.15) is 4.98 Å². The molecule has 35 heavy (non-hydrogen) atoms. The van der Waals surface area contributed by atoms with Crippen LogP contribution in [-0.4, -0.2) is 82.2 Å². The number of nitrogens with zero attached hydrogens (tertiary/aromatic N) is 2. The van der Waals surface area contributed by atoms with Gasteiger partial charge in [-0.25, -0.2) is 15.1 Å². The van der Waals surface area contributed by atoms with Crippen LogP contribution >= 0.6 is 0 Å². The van der Waals surface area contributed by atoms with Crippen molar-refractivity contribution in [1.29, 1.82) is 0 Å². The topological polar surface area (TPSA) is 162 Å². The molecule has 0 radical (unpaired) electrons. The molecule has 0 aliphatic carbocycles. The summed E-state index contributed by atoms with van der Waals surface area (Å²) in [7, 11) is 0. The van der Waals surface area contributed by atoms with Crippen LogP contribution in [0.4, 0.5) is 5.82 Å². The molecular weight excluding hydrogens is 462 g/mol. The molecule has 1 fully saturated rings. The fourth-order valence-electron chi connectivity index (χ4n) is 3.72. The highest BCUT2D eigenvalue weighted by atomic mass is 16.7. The highest BCUT2D eigenvalue weighted by Gasteiger charge is 2.45. The number of aromatic nitrogens is 2. The van der Waals surface area contributed by atoms with E-state index in [4.69, 9.17) is 19.0 Å². The second-order valence-corrected chi connectivity index (χ2v) is 7.95. The lowest BCUT2D eigenvalue weighted by atomic mass is 9.82. The van der Waals surface area contributed by atoms with Crippen LogP contribution in [0.2, 0.25) is 0 Å². The molecule has 0 saturated carbocycles. The Bertz CT molecular complexity index is 1010. The smallest absolute Gasteiger partial charge is 0.351 e. The molecule has 2 heterocycles. The number of benzene rings is 1. The zero-order valence-electron chi connectivity index (χ0n) is 19.6. The van der Waals surface area contributed by atoms with Crippen molar-refractivity contribution < 1.29 is 39.2 Å². The number of aliphatic hydroxyl groups excluding tert-OH is 3. The lowest BCUT2D eigenvalue weighted by Crippen LogP contribution is -2.47. The van der Waals surface area contributed by atoms with Crippen LogP contribution in [0.1, 0.15) is 25.6 Å². The Morgan fingerprint density at radius 2 is 1.77 bits per heavy atom. The first kappa shape index (κ1) is 26.7. The Morgan fingerprint density at radius 1 is 1.11 bits per heavy atom. The number of hydrogen-bond donors (Lipinski definition) is 4. The highest BCUT2D eigenvalue weighted by Crippen LogP contribution is 2.29. The molecule has 1 aliphatic heterocycles. The first-order valence-corrected chi connectivity index (χ1v) is 11.3. The predicted molar refractivity (Wildman–Crippen MR) is 122 cm³/mol. The van der Waals surface area contributed by atoms with Crippen molar-refractivity contribution in [3.05, 3.63) is 58.6 Å². The van der Waals surface area contributed by atoms with Gasteiger partial charge >= 0.3 is 11.7 Å². The summed E-state index contributed by atoms with van der Waals surface area (Å²) in [5.74, 6) is -0.763. The zero-order chi connectivity index (χ0) is 25.4. The summed E-state index contributed by atoms with van der Waals surface area (Å²) in [5, 5.41) is 29.3. The molecule has 0 bridgehead atoms. The van der Waals surface area contributed by atoms with Gasteiger partial charge in [-0.3, -0.25) is 4.57 Å². The van der Waals surface area contributed by atoms with Crippen molar-refractivity contribution >= 4 is 11.8 Å². The molecule has 192 valence electrons. The Balaban J connectivity index is 1.78. The van der Waals surface area contributed by atoms with Gasteiger partial charge in [0.25, 0.3) is 0 Å². The lowest BCUT2D eigenvalue weighted by molar-refractivity contribution is -0.153. The molecule has 3 rings (SSSR count). The fraction of sp³-hybridized carbons (Fsp3) is 0.522. The summed E-state index contributed by atoms with van der Waals surface area (Å²) in [5.41, 5.74) is 0.928. The van der Waals surface area contributed by atoms with E-state index in [-0.39, 0.29) is 19.0 Å². The van der Waals surface area contributed by atoms with Crippen molar-refractivity contribution in [3.63, 3.8) is 0 Å². The summed E-state index contributed by atoms with van der Waals surface area (Å²) in [4.78, 5) is 34.9. The van der Waals surface area contributed by atoms with Crippen molar-refractivity contribution in [2.75, 3.05) is 38.5 Å². The van der Waals surface area contributed by atoms with Gasteiger partial charge in [-0.1, -0.05) is 30.3 Å². The van der Waals surface area contributed by atoms with Crippen LogP contribution in [0.15, 0.2) is 47.4 Å². The number of nitrogens with one attached hydrogen (secondary N) is 1. The predicted octanol–water partition coefficient (Wildman–Crippen LogP) is -0.264. The summed E-state index contributed by atoms with van der Waals surface area (Å²) >= 11 is 0. The molecule has 1 saturated heterocycles. The van der Waals surface area contributed by atoms with Gasteiger partial charge < -0.3 is 34.4 Å². The molecule has 0 spiro atoms. The third-order valence-corrected chi connectivity index (χ3v) is 5.69. The Labute approximate surface area is 202 Å². The molecule has 12 heteroatoms. The highest BCUT2D eigenvalue weighted by molar-refractivity contribution is 5.84. The molecular formula is C23H31N3O9. The summed E-state index contributed by atoms with van der Waals surface area (Å²) in [6, 6.07) is 10.3. The monoisotopic (exact) mass is 493 g/mol. The quantitative estimate of drug-likeness (QED) is 0.288. The van der Waals surface area contributed by atoms with E-state index in [1.807, 2.05) is 19.9 Å². The van der Waals surface area contributed by atoms with Gasteiger partial charge in [-0.15, -0.1) is 0 Å². The Morgan fingerprint density at radius 3 is 2.31 bits per heavy atom. The van der Waals surface area contributed by atoms with Crippen LogP contribution in [0, 0.1) is 0 Å². The molecule has 4 N–H and O–H groups in total. The molecule has 0 unspecified atom stereocenters. The molecule has 1 aliphatic rings. The van der Waals surface area contributed by atoms with Gasteiger partial charge in [-0.05, 0) is 19.4 Å². The first-order valence-electron chi connectivity index (χ1n) is 11.3. The summed E-state index contributed by atoms with van der Waals surface area (Å²) in [6.45, 7) is 3.86. The van der Waals surface area contributed by atoms with Gasteiger partial charge in [0.05, 0.1) is 19.8 Å². The second-order valence-electron chi connectivity index (χ2n) is 7.95. The maximum atomic E-state index is 13.3. The Kier molecular flexibility index (Phi) is 9.32. The summed E-state index contributed by atoms with van der Waals surface area (Å²) < 4.78 is 17.5. The second kappa shape index (κ2) is 12.2. The third-order valence-electron chi connectivity index (χ3n) is 5.69. The normalized spacial score (nSPS) is 22.2. The van der Waals surface area contributed by atoms with Crippen LogP contribution in [0.5, 0.6) is 0 Å². The van der Waals surface area contributed by atoms with E-state index in [2.05, 4.69) is 10.5 Å². The van der Waals surface area contributed by atoms with Gasteiger partial charge in [0.15, 0.2) is 12.0 Å². The molecule has 1 aromatic heterocycles. The number of carbonyl (C=O) groups excluding carboxylic acids is 1. The zero-order valence-corrected chi connectivity index (χ0v) is 19.6. The van der Waals surface area contributed by atoms with E-state index >= 15 is 0 Å². The largest absolute Gasteiger partial charge is 0.394 e. The minimum Gasteiger partial charge on any atom is -0.394 e. The first-order chi connectivity index (χ1) is 16.9. The molecule has 0 amide bonds. The SMILES string of the molecule is CCOCC(COCC)(C(=O)ONc1ccn([C@@H]2O[C@H](CO)[C@@H](O)[C@H]2O)c(=O)n1)c1ccccc1. The van der Waals surface area contributed by atoms with Crippen LogP contribution in [0.3, 0.4) is 0 Å². The van der Waals surface area contributed by atoms with Gasteiger partial charge in [0.2, 0.25) is 0 Å². The molecule has 2 aromatic rings. The van der Waals surface area contributed by atoms with E-state index in [0.29, 0.717) is 18.8 Å². The van der Waals surface area contributed by atoms with Crippen LogP contribution in [-0.2, 0) is 29.3 Å². The summed E-state index contributed by atoms with van der Waals surface area (Å²) in [6.07, 6.45) is -3.81. The number of anilines is 1. The number of aliphatic hydroxyl groups is 3. The average Bonchev–Trinajstić information content (AvgIpc) is 3.16. The van der Waals surface area contributed by atoms with Crippen molar-refractivity contribution in [2.24, 2.45) is 0 Å². The van der Waals surface area contributed by atoms with E-state index < -0.39 is 48.2 Å². The average molecular weight is 494 g/mol. The fourth-order valence-corrected chi connectivity index (χ4v) is 3.72. The Hall–Kier alpha value is -2.87. The van der Waals surface area contributed by atoms with Gasteiger partial charge in [0, 0.05) is 25.5 Å². The minimum atomic E-state index is -1.44. The van der Waals surface area contributed by atoms with Crippen molar-refractivity contribution in [1.82, 2.24) is 9.55 Å². The lowest BCUT2D eigenvalue weighted by Gasteiger charge is -2.31. The van der Waals surface area contributed by atoms with E-state index in [9.17, 15) is 24.9 Å². The number of rotatable bonds is 12.